The number of hydrogen-bond donors (Lipinski definition) is 2. The molecule has 0 bridgehead atoms. The van der Waals surface area contributed by atoms with Crippen LogP contribution < -0.4 is 5.32 Å². The van der Waals surface area contributed by atoms with Gasteiger partial charge in [-0.3, -0.25) is 0 Å². The zero-order valence-electron chi connectivity index (χ0n) is 8.95. The minimum atomic E-state index is -0.920. The lowest BCUT2D eigenvalue weighted by atomic mass is 9.78. The first-order chi connectivity index (χ1) is 7.27. The van der Waals surface area contributed by atoms with E-state index < -0.39 is 6.09 Å². The van der Waals surface area contributed by atoms with Gasteiger partial charge in [-0.2, -0.15) is 0 Å². The second kappa shape index (κ2) is 4.84. The third-order valence-electron chi connectivity index (χ3n) is 3.58. The topological polar surface area (TPSA) is 61.9 Å². The molecule has 1 amide bonds. The van der Waals surface area contributed by atoms with Gasteiger partial charge in [0.25, 0.3) is 0 Å². The van der Waals surface area contributed by atoms with E-state index in [4.69, 9.17) is 9.84 Å². The monoisotopic (exact) mass is 213 g/mol. The first kappa shape index (κ1) is 10.7. The molecule has 1 heterocycles. The molecule has 2 aliphatic rings. The molecule has 0 aromatic rings. The highest BCUT2D eigenvalue weighted by Crippen LogP contribution is 2.36. The highest BCUT2D eigenvalue weighted by molar-refractivity contribution is 5.64. The van der Waals surface area contributed by atoms with E-state index in [1.165, 1.54) is 32.1 Å². The van der Waals surface area contributed by atoms with Gasteiger partial charge in [0.05, 0.1) is 12.7 Å². The number of carbonyl (C=O) groups is 1. The van der Waals surface area contributed by atoms with Crippen molar-refractivity contribution >= 4 is 6.09 Å². The zero-order valence-corrected chi connectivity index (χ0v) is 8.95. The molecule has 2 atom stereocenters. The predicted molar refractivity (Wildman–Crippen MR) is 55.8 cm³/mol. The Morgan fingerprint density at radius 3 is 2.60 bits per heavy atom. The fraction of sp³-hybridized carbons (Fsp3) is 0.909. The number of hydrogen-bond acceptors (Lipinski definition) is 2. The number of nitrogens with one attached hydrogen (secondary N) is 1. The Morgan fingerprint density at radius 1 is 1.40 bits per heavy atom. The van der Waals surface area contributed by atoms with Gasteiger partial charge >= 0.3 is 6.09 Å². The molecular weight excluding hydrogens is 194 g/mol. The quantitative estimate of drug-likeness (QED) is 0.700. The molecule has 1 saturated heterocycles. The summed E-state index contributed by atoms with van der Waals surface area (Å²) >= 11 is 0. The number of rotatable bonds is 4. The summed E-state index contributed by atoms with van der Waals surface area (Å²) in [4.78, 5) is 10.5. The van der Waals surface area contributed by atoms with Crippen LogP contribution in [-0.2, 0) is 4.74 Å². The highest BCUT2D eigenvalue weighted by atomic mass is 16.6. The van der Waals surface area contributed by atoms with E-state index in [1.54, 1.807) is 0 Å². The summed E-state index contributed by atoms with van der Waals surface area (Å²) in [6, 6.07) is 0. The predicted octanol–water partition coefficient (Wildman–Crippen LogP) is 1.85. The summed E-state index contributed by atoms with van der Waals surface area (Å²) in [7, 11) is 0. The molecule has 1 aliphatic carbocycles. The van der Waals surface area contributed by atoms with E-state index in [0.717, 1.165) is 6.61 Å². The highest BCUT2D eigenvalue weighted by Gasteiger charge is 2.38. The second-order valence-corrected chi connectivity index (χ2v) is 4.62. The molecule has 4 nitrogen and oxygen atoms in total. The Hall–Kier alpha value is -0.770. The Balaban J connectivity index is 1.83. The van der Waals surface area contributed by atoms with Crippen LogP contribution in [0.25, 0.3) is 0 Å². The molecule has 1 aliphatic heterocycles. The van der Waals surface area contributed by atoms with Crippen LogP contribution in [0.4, 0.5) is 4.79 Å². The van der Waals surface area contributed by atoms with Crippen molar-refractivity contribution in [1.82, 2.24) is 5.32 Å². The lowest BCUT2D eigenvalue weighted by molar-refractivity contribution is 0.172. The Labute approximate surface area is 90.0 Å². The normalized spacial score (nSPS) is 28.4. The van der Waals surface area contributed by atoms with E-state index in [1.807, 2.05) is 0 Å². The van der Waals surface area contributed by atoms with E-state index in [2.05, 4.69) is 5.32 Å². The van der Waals surface area contributed by atoms with Crippen LogP contribution in [0.1, 0.15) is 32.1 Å². The van der Waals surface area contributed by atoms with Gasteiger partial charge in [0, 0.05) is 12.5 Å². The van der Waals surface area contributed by atoms with Crippen molar-refractivity contribution in [2.24, 2.45) is 11.8 Å². The molecule has 15 heavy (non-hydrogen) atoms. The number of ether oxygens (including phenoxy) is 1. The van der Waals surface area contributed by atoms with Gasteiger partial charge in [-0.1, -0.05) is 32.1 Å². The maximum absolute atomic E-state index is 10.5. The van der Waals surface area contributed by atoms with Crippen LogP contribution in [0.5, 0.6) is 0 Å². The molecule has 0 radical (unpaired) electrons. The lowest BCUT2D eigenvalue weighted by Crippen LogP contribution is -2.35. The van der Waals surface area contributed by atoms with Crippen molar-refractivity contribution in [3.63, 3.8) is 0 Å². The van der Waals surface area contributed by atoms with E-state index >= 15 is 0 Å². The molecule has 2 N–H and O–H groups in total. The first-order valence-corrected chi connectivity index (χ1v) is 5.86. The standard InChI is InChI=1S/C11H19NO3/c13-11(14)12-6-9(10-7-15-10)8-4-2-1-3-5-8/h8-10,12H,1-7H2,(H,13,14)/t9?,10-/m0/s1. The van der Waals surface area contributed by atoms with Gasteiger partial charge in [-0.15, -0.1) is 0 Å². The smallest absolute Gasteiger partial charge is 0.404 e. The third kappa shape index (κ3) is 3.09. The van der Waals surface area contributed by atoms with Crippen LogP contribution in [0, 0.1) is 11.8 Å². The molecule has 0 spiro atoms. The second-order valence-electron chi connectivity index (χ2n) is 4.62. The van der Waals surface area contributed by atoms with Crippen LogP contribution in [0.15, 0.2) is 0 Å². The molecule has 4 heteroatoms. The summed E-state index contributed by atoms with van der Waals surface area (Å²) in [6.07, 6.45) is 5.80. The number of epoxide rings is 1. The van der Waals surface area contributed by atoms with Gasteiger partial charge in [0.1, 0.15) is 0 Å². The molecule has 2 fully saturated rings. The van der Waals surface area contributed by atoms with Gasteiger partial charge < -0.3 is 15.2 Å². The summed E-state index contributed by atoms with van der Waals surface area (Å²) in [5, 5.41) is 11.1. The van der Waals surface area contributed by atoms with E-state index in [0.29, 0.717) is 24.5 Å². The third-order valence-corrected chi connectivity index (χ3v) is 3.58. The van der Waals surface area contributed by atoms with Crippen LogP contribution >= 0.6 is 0 Å². The Morgan fingerprint density at radius 2 is 2.07 bits per heavy atom. The van der Waals surface area contributed by atoms with Crippen LogP contribution in [-0.4, -0.2) is 30.5 Å². The number of carboxylic acid groups (broad SMARTS) is 1. The molecule has 86 valence electrons. The van der Waals surface area contributed by atoms with Crippen molar-refractivity contribution in [3.05, 3.63) is 0 Å². The van der Waals surface area contributed by atoms with Gasteiger partial charge in [0.2, 0.25) is 0 Å². The summed E-state index contributed by atoms with van der Waals surface area (Å²) in [5.41, 5.74) is 0. The summed E-state index contributed by atoms with van der Waals surface area (Å²) in [5.74, 6) is 1.07. The zero-order chi connectivity index (χ0) is 10.7. The number of amides is 1. The molecule has 0 aromatic heterocycles. The van der Waals surface area contributed by atoms with Gasteiger partial charge in [-0.25, -0.2) is 4.79 Å². The molecular formula is C11H19NO3. The average Bonchev–Trinajstić information content (AvgIpc) is 3.03. The molecule has 0 aromatic carbocycles. The molecule has 1 saturated carbocycles. The van der Waals surface area contributed by atoms with Gasteiger partial charge in [0.15, 0.2) is 0 Å². The Bertz CT molecular complexity index is 222. The largest absolute Gasteiger partial charge is 0.465 e. The van der Waals surface area contributed by atoms with E-state index in [9.17, 15) is 4.79 Å². The minimum Gasteiger partial charge on any atom is -0.465 e. The maximum atomic E-state index is 10.5. The van der Waals surface area contributed by atoms with Crippen molar-refractivity contribution in [3.8, 4) is 0 Å². The molecule has 1 unspecified atom stereocenters. The van der Waals surface area contributed by atoms with Gasteiger partial charge in [-0.05, 0) is 5.92 Å². The summed E-state index contributed by atoms with van der Waals surface area (Å²) in [6.45, 7) is 1.38. The van der Waals surface area contributed by atoms with Crippen molar-refractivity contribution in [1.29, 1.82) is 0 Å². The first-order valence-electron chi connectivity index (χ1n) is 5.86. The lowest BCUT2D eigenvalue weighted by Gasteiger charge is -2.29. The average molecular weight is 213 g/mol. The Kier molecular flexibility index (Phi) is 3.46. The van der Waals surface area contributed by atoms with Crippen molar-refractivity contribution in [2.75, 3.05) is 13.2 Å². The summed E-state index contributed by atoms with van der Waals surface area (Å²) < 4.78 is 5.32. The SMILES string of the molecule is O=C(O)NCC(C1CCCCC1)[C@@H]1CO1. The van der Waals surface area contributed by atoms with E-state index in [-0.39, 0.29) is 0 Å². The fourth-order valence-electron chi connectivity index (χ4n) is 2.67. The van der Waals surface area contributed by atoms with Crippen LogP contribution in [0.2, 0.25) is 0 Å². The van der Waals surface area contributed by atoms with Crippen molar-refractivity contribution in [2.45, 2.75) is 38.2 Å². The maximum Gasteiger partial charge on any atom is 0.404 e. The molecule has 2 rings (SSSR count). The minimum absolute atomic E-state index is 0.319. The van der Waals surface area contributed by atoms with Crippen molar-refractivity contribution < 1.29 is 14.6 Å². The fourth-order valence-corrected chi connectivity index (χ4v) is 2.67. The van der Waals surface area contributed by atoms with Crippen LogP contribution in [0.3, 0.4) is 0 Å².